The lowest BCUT2D eigenvalue weighted by atomic mass is 9.89. The highest BCUT2D eigenvalue weighted by molar-refractivity contribution is 4.79. The maximum Gasteiger partial charge on any atom is 0.00722 e. The van der Waals surface area contributed by atoms with Crippen LogP contribution in [0.3, 0.4) is 0 Å². The third kappa shape index (κ3) is 4.14. The third-order valence-corrected chi connectivity index (χ3v) is 3.74. The van der Waals surface area contributed by atoms with Gasteiger partial charge in [0, 0.05) is 12.1 Å². The molecule has 0 radical (unpaired) electrons. The Morgan fingerprint density at radius 3 is 2.40 bits per heavy atom. The molecule has 1 fully saturated rings. The molecular formula is C14H29N. The van der Waals surface area contributed by atoms with Crippen LogP contribution in [-0.4, -0.2) is 23.5 Å². The molecule has 1 aliphatic rings. The lowest BCUT2D eigenvalue weighted by molar-refractivity contribution is 0.160. The summed E-state index contributed by atoms with van der Waals surface area (Å²) in [6, 6.07) is 1.51. The van der Waals surface area contributed by atoms with Crippen molar-refractivity contribution in [2.45, 2.75) is 72.4 Å². The number of likely N-dealkylation sites (tertiary alicyclic amines) is 1. The molecule has 0 aromatic rings. The van der Waals surface area contributed by atoms with Crippen LogP contribution in [0, 0.1) is 11.8 Å². The molecular weight excluding hydrogens is 182 g/mol. The number of nitrogens with zero attached hydrogens (tertiary/aromatic N) is 1. The highest BCUT2D eigenvalue weighted by atomic mass is 15.2. The molecule has 90 valence electrons. The summed E-state index contributed by atoms with van der Waals surface area (Å²) in [4.78, 5) is 2.68. The Bertz CT molecular complexity index is 174. The topological polar surface area (TPSA) is 3.24 Å². The summed E-state index contributed by atoms with van der Waals surface area (Å²) in [7, 11) is 0. The molecule has 1 rings (SSSR count). The van der Waals surface area contributed by atoms with Gasteiger partial charge in [0.15, 0.2) is 0 Å². The Morgan fingerprint density at radius 1 is 1.20 bits per heavy atom. The minimum absolute atomic E-state index is 0.720. The van der Waals surface area contributed by atoms with Crippen molar-refractivity contribution >= 4 is 0 Å². The van der Waals surface area contributed by atoms with E-state index in [0.717, 1.165) is 23.9 Å². The van der Waals surface area contributed by atoms with Gasteiger partial charge in [-0.2, -0.15) is 0 Å². The van der Waals surface area contributed by atoms with Gasteiger partial charge in [0.25, 0.3) is 0 Å². The van der Waals surface area contributed by atoms with E-state index in [9.17, 15) is 0 Å². The summed E-state index contributed by atoms with van der Waals surface area (Å²) in [6.45, 7) is 13.1. The van der Waals surface area contributed by atoms with Gasteiger partial charge in [0.2, 0.25) is 0 Å². The summed E-state index contributed by atoms with van der Waals surface area (Å²) >= 11 is 0. The van der Waals surface area contributed by atoms with Crippen LogP contribution in [0.5, 0.6) is 0 Å². The summed E-state index contributed by atoms with van der Waals surface area (Å²) in [5.74, 6) is 1.84. The van der Waals surface area contributed by atoms with Gasteiger partial charge in [0.1, 0.15) is 0 Å². The Kier molecular flexibility index (Phi) is 5.11. The van der Waals surface area contributed by atoms with E-state index in [1.807, 2.05) is 0 Å². The van der Waals surface area contributed by atoms with Gasteiger partial charge in [-0.05, 0) is 64.8 Å². The molecule has 0 aromatic heterocycles. The van der Waals surface area contributed by atoms with Crippen molar-refractivity contribution in [2.75, 3.05) is 6.54 Å². The molecule has 15 heavy (non-hydrogen) atoms. The monoisotopic (exact) mass is 211 g/mol. The van der Waals surface area contributed by atoms with Crippen LogP contribution >= 0.6 is 0 Å². The molecule has 1 nitrogen and oxygen atoms in total. The van der Waals surface area contributed by atoms with Crippen molar-refractivity contribution in [3.05, 3.63) is 0 Å². The van der Waals surface area contributed by atoms with Gasteiger partial charge in [-0.15, -0.1) is 0 Å². The highest BCUT2D eigenvalue weighted by Crippen LogP contribution is 2.28. The molecule has 1 heterocycles. The molecule has 0 saturated carbocycles. The Balaban J connectivity index is 2.49. The fraction of sp³-hybridized carbons (Fsp3) is 1.00. The van der Waals surface area contributed by atoms with Crippen molar-refractivity contribution < 1.29 is 0 Å². The molecule has 2 atom stereocenters. The van der Waals surface area contributed by atoms with Crippen LogP contribution < -0.4 is 0 Å². The average Bonchev–Trinajstić information content (AvgIpc) is 2.25. The number of hydrogen-bond donors (Lipinski definition) is 0. The Labute approximate surface area is 96.2 Å². The van der Waals surface area contributed by atoms with E-state index in [1.165, 1.54) is 32.2 Å². The van der Waals surface area contributed by atoms with Gasteiger partial charge >= 0.3 is 0 Å². The van der Waals surface area contributed by atoms with Gasteiger partial charge in [-0.25, -0.2) is 0 Å². The van der Waals surface area contributed by atoms with E-state index >= 15 is 0 Å². The summed E-state index contributed by atoms with van der Waals surface area (Å²) in [6.07, 6.45) is 5.69. The lowest BCUT2D eigenvalue weighted by Gasteiger charge is -2.31. The molecule has 1 aliphatic heterocycles. The van der Waals surface area contributed by atoms with Crippen molar-refractivity contribution in [1.82, 2.24) is 4.90 Å². The van der Waals surface area contributed by atoms with E-state index in [0.29, 0.717) is 0 Å². The zero-order valence-corrected chi connectivity index (χ0v) is 11.3. The Morgan fingerprint density at radius 2 is 1.87 bits per heavy atom. The van der Waals surface area contributed by atoms with E-state index in [2.05, 4.69) is 39.5 Å². The van der Waals surface area contributed by atoms with Crippen LogP contribution in [0.1, 0.15) is 60.3 Å². The Hall–Kier alpha value is -0.0400. The standard InChI is InChI=1S/C14H29N/c1-11(2)9-14-7-6-8-15(12(3)4)13(5)10-14/h11-14H,6-10H2,1-5H3/t13-,14?/m0/s1. The van der Waals surface area contributed by atoms with E-state index in [1.54, 1.807) is 0 Å². The quantitative estimate of drug-likeness (QED) is 0.683. The van der Waals surface area contributed by atoms with Crippen LogP contribution in [0.2, 0.25) is 0 Å². The first kappa shape index (κ1) is 13.0. The van der Waals surface area contributed by atoms with Gasteiger partial charge in [-0.3, -0.25) is 4.90 Å². The van der Waals surface area contributed by atoms with Crippen LogP contribution in [0.15, 0.2) is 0 Å². The maximum atomic E-state index is 2.68. The van der Waals surface area contributed by atoms with Crippen molar-refractivity contribution in [2.24, 2.45) is 11.8 Å². The van der Waals surface area contributed by atoms with E-state index in [4.69, 9.17) is 0 Å². The SMILES string of the molecule is CC(C)CC1CCCN(C(C)C)[C@@H](C)C1. The van der Waals surface area contributed by atoms with Crippen LogP contribution in [-0.2, 0) is 0 Å². The van der Waals surface area contributed by atoms with Crippen molar-refractivity contribution in [3.8, 4) is 0 Å². The zero-order valence-electron chi connectivity index (χ0n) is 11.3. The molecule has 0 aromatic carbocycles. The van der Waals surface area contributed by atoms with E-state index < -0.39 is 0 Å². The second-order valence-electron chi connectivity index (χ2n) is 6.05. The summed E-state index contributed by atoms with van der Waals surface area (Å²) < 4.78 is 0. The fourth-order valence-electron chi connectivity index (χ4n) is 3.17. The molecule has 1 unspecified atom stereocenters. The number of rotatable bonds is 3. The largest absolute Gasteiger partial charge is 0.298 e. The highest BCUT2D eigenvalue weighted by Gasteiger charge is 2.24. The minimum atomic E-state index is 0.720. The average molecular weight is 211 g/mol. The molecule has 1 heteroatoms. The van der Waals surface area contributed by atoms with E-state index in [-0.39, 0.29) is 0 Å². The predicted molar refractivity (Wildman–Crippen MR) is 68.1 cm³/mol. The number of hydrogen-bond acceptors (Lipinski definition) is 1. The third-order valence-electron chi connectivity index (χ3n) is 3.74. The van der Waals surface area contributed by atoms with Gasteiger partial charge in [0.05, 0.1) is 0 Å². The van der Waals surface area contributed by atoms with Gasteiger partial charge < -0.3 is 0 Å². The summed E-state index contributed by atoms with van der Waals surface area (Å²) in [5, 5.41) is 0. The minimum Gasteiger partial charge on any atom is -0.298 e. The fourth-order valence-corrected chi connectivity index (χ4v) is 3.17. The molecule has 0 aliphatic carbocycles. The smallest absolute Gasteiger partial charge is 0.00722 e. The van der Waals surface area contributed by atoms with Crippen molar-refractivity contribution in [1.29, 1.82) is 0 Å². The van der Waals surface area contributed by atoms with Crippen LogP contribution in [0.4, 0.5) is 0 Å². The zero-order chi connectivity index (χ0) is 11.4. The second-order valence-corrected chi connectivity index (χ2v) is 6.05. The molecule has 0 N–H and O–H groups in total. The van der Waals surface area contributed by atoms with Gasteiger partial charge in [-0.1, -0.05) is 13.8 Å². The predicted octanol–water partition coefficient (Wildman–Crippen LogP) is 3.93. The first-order valence-corrected chi connectivity index (χ1v) is 6.76. The van der Waals surface area contributed by atoms with Crippen molar-refractivity contribution in [3.63, 3.8) is 0 Å². The molecule has 0 bridgehead atoms. The first-order valence-electron chi connectivity index (χ1n) is 6.76. The first-order chi connectivity index (χ1) is 7.00. The molecule has 0 spiro atoms. The molecule has 1 saturated heterocycles. The summed E-state index contributed by atoms with van der Waals surface area (Å²) in [5.41, 5.74) is 0. The lowest BCUT2D eigenvalue weighted by Crippen LogP contribution is -2.38. The van der Waals surface area contributed by atoms with Crippen LogP contribution in [0.25, 0.3) is 0 Å². The second kappa shape index (κ2) is 5.89. The normalized spacial score (nSPS) is 29.8. The molecule has 0 amide bonds. The maximum absolute atomic E-state index is 2.68.